The molecule has 0 saturated carbocycles. The molecular formula is C30H23N5S2. The average Bonchev–Trinajstić information content (AvgIpc) is 3.58. The molecule has 0 spiro atoms. The lowest BCUT2D eigenvalue weighted by molar-refractivity contribution is 0.899. The first-order valence-corrected chi connectivity index (χ1v) is 13.7. The van der Waals surface area contributed by atoms with E-state index in [2.05, 4.69) is 92.9 Å². The molecule has 37 heavy (non-hydrogen) atoms. The van der Waals surface area contributed by atoms with E-state index in [0.717, 1.165) is 49.2 Å². The summed E-state index contributed by atoms with van der Waals surface area (Å²) < 4.78 is 2.26. The second-order valence-electron chi connectivity index (χ2n) is 8.28. The number of nitrogens with zero attached hydrogens (tertiary/aromatic N) is 4. The van der Waals surface area contributed by atoms with Crippen LogP contribution in [0.3, 0.4) is 0 Å². The monoisotopic (exact) mass is 517 g/mol. The fraction of sp³-hybridized carbons (Fsp3) is 0.0333. The Morgan fingerprint density at radius 3 is 1.95 bits per heavy atom. The molecule has 4 aromatic carbocycles. The van der Waals surface area contributed by atoms with Crippen molar-refractivity contribution in [3.63, 3.8) is 0 Å². The zero-order valence-corrected chi connectivity index (χ0v) is 21.5. The van der Waals surface area contributed by atoms with Crippen LogP contribution in [-0.2, 0) is 5.75 Å². The number of benzene rings is 4. The maximum absolute atomic E-state index is 5.19. The smallest absolute Gasteiger partial charge is 0.210 e. The highest BCUT2D eigenvalue weighted by molar-refractivity contribution is 7.98. The zero-order chi connectivity index (χ0) is 24.9. The standard InChI is InChI=1S/C30H23N5S2/c1-5-13-22(14-6-1)27-28(23-15-7-2-8-16-23)35(25-19-11-4-12-20-25)30(32-27)36-21-26-33-34-29(37-26)31-24-17-9-3-10-18-24/h1-20H,21H2,(H,31,34). The molecule has 0 aliphatic carbocycles. The molecule has 0 atom stereocenters. The molecule has 0 amide bonds. The van der Waals surface area contributed by atoms with E-state index in [4.69, 9.17) is 4.98 Å². The topological polar surface area (TPSA) is 55.6 Å². The first-order chi connectivity index (χ1) is 18.3. The van der Waals surface area contributed by atoms with Crippen molar-refractivity contribution in [1.82, 2.24) is 19.7 Å². The molecule has 5 nitrogen and oxygen atoms in total. The van der Waals surface area contributed by atoms with Crippen molar-refractivity contribution in [3.8, 4) is 28.2 Å². The molecule has 2 heterocycles. The van der Waals surface area contributed by atoms with Gasteiger partial charge >= 0.3 is 0 Å². The largest absolute Gasteiger partial charge is 0.330 e. The normalized spacial score (nSPS) is 10.9. The van der Waals surface area contributed by atoms with E-state index in [9.17, 15) is 0 Å². The van der Waals surface area contributed by atoms with Gasteiger partial charge < -0.3 is 5.32 Å². The Morgan fingerprint density at radius 1 is 0.676 bits per heavy atom. The molecule has 0 aliphatic rings. The second kappa shape index (κ2) is 10.8. The van der Waals surface area contributed by atoms with Crippen LogP contribution in [0.4, 0.5) is 10.8 Å². The van der Waals surface area contributed by atoms with Crippen LogP contribution in [0.5, 0.6) is 0 Å². The molecule has 0 saturated heterocycles. The van der Waals surface area contributed by atoms with E-state index in [1.54, 1.807) is 23.1 Å². The molecule has 0 aliphatic heterocycles. The Bertz CT molecular complexity index is 1580. The van der Waals surface area contributed by atoms with Crippen LogP contribution >= 0.6 is 23.1 Å². The van der Waals surface area contributed by atoms with Gasteiger partial charge in [-0.25, -0.2) is 4.98 Å². The summed E-state index contributed by atoms with van der Waals surface area (Å²) in [5.41, 5.74) is 6.31. The molecule has 0 bridgehead atoms. The van der Waals surface area contributed by atoms with E-state index >= 15 is 0 Å². The van der Waals surface area contributed by atoms with Crippen molar-refractivity contribution in [2.24, 2.45) is 0 Å². The van der Waals surface area contributed by atoms with E-state index in [1.807, 2.05) is 48.5 Å². The summed E-state index contributed by atoms with van der Waals surface area (Å²) in [6.45, 7) is 0. The quantitative estimate of drug-likeness (QED) is 0.207. The van der Waals surface area contributed by atoms with Crippen molar-refractivity contribution >= 4 is 33.9 Å². The number of rotatable bonds is 8. The summed E-state index contributed by atoms with van der Waals surface area (Å²) in [5.74, 6) is 0.667. The van der Waals surface area contributed by atoms with Crippen molar-refractivity contribution in [2.75, 3.05) is 5.32 Å². The SMILES string of the molecule is c1ccc(Nc2nnc(CSc3nc(-c4ccccc4)c(-c4ccccc4)n3-c3ccccc3)s2)cc1. The van der Waals surface area contributed by atoms with Gasteiger partial charge in [0.15, 0.2) is 5.16 Å². The first-order valence-electron chi connectivity index (χ1n) is 11.9. The number of para-hydroxylation sites is 2. The predicted molar refractivity (Wildman–Crippen MR) is 154 cm³/mol. The average molecular weight is 518 g/mol. The van der Waals surface area contributed by atoms with Gasteiger partial charge in [0.25, 0.3) is 0 Å². The van der Waals surface area contributed by atoms with Crippen molar-refractivity contribution < 1.29 is 0 Å². The number of thioether (sulfide) groups is 1. The van der Waals surface area contributed by atoms with Crippen LogP contribution < -0.4 is 5.32 Å². The minimum absolute atomic E-state index is 0.667. The lowest BCUT2D eigenvalue weighted by Crippen LogP contribution is -1.99. The number of hydrogen-bond donors (Lipinski definition) is 1. The number of anilines is 2. The van der Waals surface area contributed by atoms with Gasteiger partial charge in [-0.1, -0.05) is 120 Å². The third-order valence-corrected chi connectivity index (χ3v) is 7.74. The molecule has 0 unspecified atom stereocenters. The van der Waals surface area contributed by atoms with Gasteiger partial charge in [0, 0.05) is 22.5 Å². The minimum atomic E-state index is 0.667. The van der Waals surface area contributed by atoms with Crippen LogP contribution in [0.1, 0.15) is 5.01 Å². The third kappa shape index (κ3) is 5.18. The highest BCUT2D eigenvalue weighted by Gasteiger charge is 2.22. The van der Waals surface area contributed by atoms with Crippen molar-refractivity contribution in [1.29, 1.82) is 0 Å². The summed E-state index contributed by atoms with van der Waals surface area (Å²) in [5, 5.41) is 14.7. The van der Waals surface area contributed by atoms with E-state index in [1.165, 1.54) is 0 Å². The number of imidazole rings is 1. The van der Waals surface area contributed by atoms with Crippen molar-refractivity contribution in [2.45, 2.75) is 10.9 Å². The molecule has 180 valence electrons. The van der Waals surface area contributed by atoms with Gasteiger partial charge in [0.1, 0.15) is 5.01 Å². The van der Waals surface area contributed by atoms with Crippen LogP contribution in [0, 0.1) is 0 Å². The first kappa shape index (κ1) is 23.2. The third-order valence-electron chi connectivity index (χ3n) is 5.77. The molecular weight excluding hydrogens is 494 g/mol. The molecule has 2 aromatic heterocycles. The molecule has 6 rings (SSSR count). The summed E-state index contributed by atoms with van der Waals surface area (Å²) in [6.07, 6.45) is 0. The Morgan fingerprint density at radius 2 is 1.27 bits per heavy atom. The van der Waals surface area contributed by atoms with Crippen LogP contribution in [0.15, 0.2) is 126 Å². The zero-order valence-electron chi connectivity index (χ0n) is 19.9. The Balaban J connectivity index is 1.39. The van der Waals surface area contributed by atoms with Gasteiger partial charge in [0.05, 0.1) is 17.1 Å². The number of nitrogens with one attached hydrogen (secondary N) is 1. The maximum Gasteiger partial charge on any atom is 0.210 e. The summed E-state index contributed by atoms with van der Waals surface area (Å²) in [7, 11) is 0. The number of hydrogen-bond acceptors (Lipinski definition) is 6. The lowest BCUT2D eigenvalue weighted by atomic mass is 10.0. The predicted octanol–water partition coefficient (Wildman–Crippen LogP) is 8.09. The Labute approximate surface area is 223 Å². The summed E-state index contributed by atoms with van der Waals surface area (Å²) in [6, 6.07) is 41.3. The lowest BCUT2D eigenvalue weighted by Gasteiger charge is -2.13. The van der Waals surface area contributed by atoms with Gasteiger partial charge in [-0.05, 0) is 24.3 Å². The van der Waals surface area contributed by atoms with E-state index < -0.39 is 0 Å². The summed E-state index contributed by atoms with van der Waals surface area (Å²) in [4.78, 5) is 5.19. The molecule has 1 N–H and O–H groups in total. The molecule has 0 fully saturated rings. The fourth-order valence-corrected chi connectivity index (χ4v) is 5.87. The molecule has 0 radical (unpaired) electrons. The Kier molecular flexibility index (Phi) is 6.79. The maximum atomic E-state index is 5.19. The van der Waals surface area contributed by atoms with Gasteiger partial charge in [-0.3, -0.25) is 4.57 Å². The Hall–Kier alpha value is -4.20. The van der Waals surface area contributed by atoms with Gasteiger partial charge in [0.2, 0.25) is 5.13 Å². The van der Waals surface area contributed by atoms with Crippen LogP contribution in [0.2, 0.25) is 0 Å². The highest BCUT2D eigenvalue weighted by atomic mass is 32.2. The second-order valence-corrected chi connectivity index (χ2v) is 10.3. The van der Waals surface area contributed by atoms with Crippen LogP contribution in [-0.4, -0.2) is 19.7 Å². The minimum Gasteiger partial charge on any atom is -0.330 e. The van der Waals surface area contributed by atoms with Crippen LogP contribution in [0.25, 0.3) is 28.2 Å². The fourth-order valence-electron chi connectivity index (χ4n) is 4.11. The number of aromatic nitrogens is 4. The summed E-state index contributed by atoms with van der Waals surface area (Å²) >= 11 is 3.23. The van der Waals surface area contributed by atoms with Gasteiger partial charge in [-0.15, -0.1) is 10.2 Å². The van der Waals surface area contributed by atoms with Gasteiger partial charge in [-0.2, -0.15) is 0 Å². The van der Waals surface area contributed by atoms with Crippen molar-refractivity contribution in [3.05, 3.63) is 126 Å². The highest BCUT2D eigenvalue weighted by Crippen LogP contribution is 2.39. The molecule has 7 heteroatoms. The van der Waals surface area contributed by atoms with E-state index in [-0.39, 0.29) is 0 Å². The molecule has 6 aromatic rings. The van der Waals surface area contributed by atoms with E-state index in [0.29, 0.717) is 5.75 Å².